The van der Waals surface area contributed by atoms with Gasteiger partial charge >= 0.3 is 0 Å². The first-order chi connectivity index (χ1) is 12.3. The van der Waals surface area contributed by atoms with Crippen LogP contribution in [0.2, 0.25) is 0 Å². The molecule has 0 bridgehead atoms. The monoisotopic (exact) mass is 335 g/mol. The molecule has 1 aromatic carbocycles. The average molecular weight is 335 g/mol. The van der Waals surface area contributed by atoms with Crippen molar-refractivity contribution in [3.8, 4) is 0 Å². The third-order valence-electron chi connectivity index (χ3n) is 4.06. The summed E-state index contributed by atoms with van der Waals surface area (Å²) in [7, 11) is 0. The molecule has 2 aromatic heterocycles. The van der Waals surface area contributed by atoms with Gasteiger partial charge in [0.15, 0.2) is 0 Å². The molecule has 1 N–H and O–H groups in total. The molecule has 25 heavy (non-hydrogen) atoms. The van der Waals surface area contributed by atoms with Gasteiger partial charge in [-0.1, -0.05) is 18.2 Å². The second-order valence-electron chi connectivity index (χ2n) is 5.72. The fraction of sp³-hybridized carbons (Fsp3) is 0.158. The van der Waals surface area contributed by atoms with Gasteiger partial charge in [0, 0.05) is 12.1 Å². The highest BCUT2D eigenvalue weighted by Gasteiger charge is 2.35. The zero-order valence-corrected chi connectivity index (χ0v) is 13.5. The van der Waals surface area contributed by atoms with Crippen LogP contribution in [0.4, 0.5) is 5.69 Å². The number of rotatable bonds is 5. The first-order valence-corrected chi connectivity index (χ1v) is 8.07. The van der Waals surface area contributed by atoms with E-state index in [0.29, 0.717) is 17.9 Å². The van der Waals surface area contributed by atoms with Gasteiger partial charge in [0.25, 0.3) is 5.91 Å². The van der Waals surface area contributed by atoms with Crippen LogP contribution in [0.1, 0.15) is 24.0 Å². The molecule has 0 spiro atoms. The number of carbonyl (C=O) groups excluding carboxylic acids is 1. The highest BCUT2D eigenvalue weighted by Crippen LogP contribution is 2.33. The maximum Gasteiger partial charge on any atom is 0.262 e. The first-order valence-electron chi connectivity index (χ1n) is 8.07. The van der Waals surface area contributed by atoms with E-state index in [1.54, 1.807) is 18.6 Å². The van der Waals surface area contributed by atoms with E-state index in [9.17, 15) is 4.79 Å². The third-order valence-corrected chi connectivity index (χ3v) is 4.06. The second-order valence-corrected chi connectivity index (χ2v) is 5.72. The Morgan fingerprint density at radius 1 is 1.08 bits per heavy atom. The van der Waals surface area contributed by atoms with Gasteiger partial charge in [-0.15, -0.1) is 0 Å². The van der Waals surface area contributed by atoms with Crippen molar-refractivity contribution in [2.75, 3.05) is 11.9 Å². The standard InChI is InChI=1S/C19H17N3O3/c23-19(13-20-14-6-2-1-3-7-14)22-16(18-9-5-11-25-18)12-15(21-22)17-8-4-10-24-17/h1-11,16,20H,12-13H2. The van der Waals surface area contributed by atoms with Crippen LogP contribution in [-0.4, -0.2) is 23.2 Å². The summed E-state index contributed by atoms with van der Waals surface area (Å²) < 4.78 is 10.9. The van der Waals surface area contributed by atoms with E-state index in [1.165, 1.54) is 5.01 Å². The molecule has 1 atom stereocenters. The quantitative estimate of drug-likeness (QED) is 0.772. The molecule has 0 aliphatic carbocycles. The Bertz CT molecular complexity index is 855. The molecular formula is C19H17N3O3. The van der Waals surface area contributed by atoms with Crippen molar-refractivity contribution in [1.29, 1.82) is 0 Å². The topological polar surface area (TPSA) is 71.0 Å². The van der Waals surface area contributed by atoms with E-state index < -0.39 is 0 Å². The Morgan fingerprint density at radius 2 is 1.88 bits per heavy atom. The number of amides is 1. The molecule has 3 aromatic rings. The van der Waals surface area contributed by atoms with Gasteiger partial charge in [-0.2, -0.15) is 5.10 Å². The summed E-state index contributed by atoms with van der Waals surface area (Å²) in [6.07, 6.45) is 3.75. The van der Waals surface area contributed by atoms with Gasteiger partial charge in [-0.05, 0) is 36.4 Å². The summed E-state index contributed by atoms with van der Waals surface area (Å²) in [6.45, 7) is 0.149. The van der Waals surface area contributed by atoms with Crippen LogP contribution < -0.4 is 5.32 Å². The van der Waals surface area contributed by atoms with Crippen LogP contribution in [0, 0.1) is 0 Å². The lowest BCUT2D eigenvalue weighted by molar-refractivity contribution is -0.131. The molecule has 1 aliphatic rings. The Balaban J connectivity index is 1.54. The lowest BCUT2D eigenvalue weighted by Crippen LogP contribution is -2.32. The normalized spacial score (nSPS) is 16.7. The number of anilines is 1. The maximum atomic E-state index is 12.7. The average Bonchev–Trinajstić information content (AvgIpc) is 3.40. The minimum atomic E-state index is -0.264. The lowest BCUT2D eigenvalue weighted by Gasteiger charge is -2.20. The molecule has 1 aliphatic heterocycles. The summed E-state index contributed by atoms with van der Waals surface area (Å²) >= 11 is 0. The summed E-state index contributed by atoms with van der Waals surface area (Å²) in [6, 6.07) is 16.7. The summed E-state index contributed by atoms with van der Waals surface area (Å²) in [5, 5.41) is 9.09. The Kier molecular flexibility index (Phi) is 4.08. The minimum Gasteiger partial charge on any atom is -0.467 e. The van der Waals surface area contributed by atoms with Crippen LogP contribution in [-0.2, 0) is 4.79 Å². The molecule has 3 heterocycles. The Morgan fingerprint density at radius 3 is 2.60 bits per heavy atom. The number of hydrazone groups is 1. The van der Waals surface area contributed by atoms with Crippen LogP contribution in [0.5, 0.6) is 0 Å². The number of benzene rings is 1. The number of carbonyl (C=O) groups is 1. The smallest absolute Gasteiger partial charge is 0.262 e. The second kappa shape index (κ2) is 6.68. The third kappa shape index (κ3) is 3.19. The molecule has 0 fully saturated rings. The summed E-state index contributed by atoms with van der Waals surface area (Å²) in [4.78, 5) is 12.7. The van der Waals surface area contributed by atoms with Crippen molar-refractivity contribution in [3.63, 3.8) is 0 Å². The van der Waals surface area contributed by atoms with Crippen LogP contribution in [0.15, 0.2) is 81.1 Å². The number of nitrogens with zero attached hydrogens (tertiary/aromatic N) is 2. The van der Waals surface area contributed by atoms with Gasteiger partial charge in [-0.3, -0.25) is 4.79 Å². The molecule has 1 amide bonds. The SMILES string of the molecule is O=C(CNc1ccccc1)N1N=C(c2ccco2)CC1c1ccco1. The fourth-order valence-electron chi connectivity index (χ4n) is 2.85. The molecule has 4 rings (SSSR count). The number of nitrogens with one attached hydrogen (secondary N) is 1. The molecule has 1 unspecified atom stereocenters. The predicted octanol–water partition coefficient (Wildman–Crippen LogP) is 3.66. The molecule has 0 radical (unpaired) electrons. The van der Waals surface area contributed by atoms with Gasteiger partial charge in [0.2, 0.25) is 0 Å². The summed E-state index contributed by atoms with van der Waals surface area (Å²) in [5.41, 5.74) is 1.62. The van der Waals surface area contributed by atoms with Crippen molar-refractivity contribution in [3.05, 3.63) is 78.6 Å². The number of furan rings is 2. The van der Waals surface area contributed by atoms with E-state index in [1.807, 2.05) is 48.5 Å². The largest absolute Gasteiger partial charge is 0.467 e. The van der Waals surface area contributed by atoms with Crippen molar-refractivity contribution in [2.45, 2.75) is 12.5 Å². The first kappa shape index (κ1) is 15.3. The maximum absolute atomic E-state index is 12.7. The van der Waals surface area contributed by atoms with Crippen LogP contribution >= 0.6 is 0 Å². The number of para-hydroxylation sites is 1. The zero-order valence-electron chi connectivity index (χ0n) is 13.5. The highest BCUT2D eigenvalue weighted by molar-refractivity contribution is 6.01. The molecule has 0 saturated carbocycles. The lowest BCUT2D eigenvalue weighted by atomic mass is 10.1. The van der Waals surface area contributed by atoms with Crippen LogP contribution in [0.25, 0.3) is 0 Å². The Hall–Kier alpha value is -3.28. The summed E-state index contributed by atoms with van der Waals surface area (Å²) in [5.74, 6) is 1.24. The number of hydrogen-bond donors (Lipinski definition) is 1. The van der Waals surface area contributed by atoms with Crippen molar-refractivity contribution >= 4 is 17.3 Å². The molecular weight excluding hydrogens is 318 g/mol. The van der Waals surface area contributed by atoms with Crippen molar-refractivity contribution in [1.82, 2.24) is 5.01 Å². The zero-order chi connectivity index (χ0) is 17.1. The van der Waals surface area contributed by atoms with Crippen LogP contribution in [0.3, 0.4) is 0 Å². The van der Waals surface area contributed by atoms with E-state index >= 15 is 0 Å². The predicted molar refractivity (Wildman–Crippen MR) is 93.1 cm³/mol. The van der Waals surface area contributed by atoms with E-state index in [4.69, 9.17) is 8.83 Å². The van der Waals surface area contributed by atoms with Gasteiger partial charge in [-0.25, -0.2) is 5.01 Å². The van der Waals surface area contributed by atoms with E-state index in [0.717, 1.165) is 11.4 Å². The molecule has 0 saturated heterocycles. The molecule has 6 heteroatoms. The minimum absolute atomic E-state index is 0.133. The Labute approximate surface area is 144 Å². The van der Waals surface area contributed by atoms with Crippen molar-refractivity contribution in [2.24, 2.45) is 5.10 Å². The van der Waals surface area contributed by atoms with Gasteiger partial charge in [0.05, 0.1) is 19.1 Å². The molecule has 126 valence electrons. The van der Waals surface area contributed by atoms with Gasteiger partial charge < -0.3 is 14.2 Å². The fourth-order valence-corrected chi connectivity index (χ4v) is 2.85. The molecule has 6 nitrogen and oxygen atoms in total. The van der Waals surface area contributed by atoms with E-state index in [-0.39, 0.29) is 18.5 Å². The van der Waals surface area contributed by atoms with Gasteiger partial charge in [0.1, 0.15) is 23.3 Å². The van der Waals surface area contributed by atoms with E-state index in [2.05, 4.69) is 10.4 Å². The van der Waals surface area contributed by atoms with Crippen molar-refractivity contribution < 1.29 is 13.6 Å². The highest BCUT2D eigenvalue weighted by atomic mass is 16.3. The number of hydrogen-bond acceptors (Lipinski definition) is 5.